The highest BCUT2D eigenvalue weighted by Gasteiger charge is 2.17. The number of aromatic amines is 1. The highest BCUT2D eigenvalue weighted by Crippen LogP contribution is 2.14. The van der Waals surface area contributed by atoms with Gasteiger partial charge < -0.3 is 15.8 Å². The normalized spacial score (nSPS) is 19.5. The van der Waals surface area contributed by atoms with Crippen LogP contribution in [0.25, 0.3) is 0 Å². The minimum absolute atomic E-state index is 0.103. The van der Waals surface area contributed by atoms with Crippen LogP contribution in [0.1, 0.15) is 12.8 Å². The minimum Gasteiger partial charge on any atom is -0.383 e. The van der Waals surface area contributed by atoms with E-state index < -0.39 is 11.2 Å². The molecule has 2 rings (SSSR count). The van der Waals surface area contributed by atoms with Crippen LogP contribution >= 0.6 is 0 Å². The average molecular weight is 240 g/mol. The lowest BCUT2D eigenvalue weighted by molar-refractivity contribution is 0.120. The van der Waals surface area contributed by atoms with Crippen LogP contribution in [0.15, 0.2) is 9.59 Å². The van der Waals surface area contributed by atoms with Crippen molar-refractivity contribution in [2.45, 2.75) is 18.9 Å². The summed E-state index contributed by atoms with van der Waals surface area (Å²) >= 11 is 0. The maximum absolute atomic E-state index is 11.6. The molecule has 7 heteroatoms. The van der Waals surface area contributed by atoms with E-state index in [2.05, 4.69) is 10.3 Å². The van der Waals surface area contributed by atoms with E-state index in [4.69, 9.17) is 10.5 Å². The lowest BCUT2D eigenvalue weighted by atomic mass is 10.2. The molecular formula is C10H16N4O3. The number of ether oxygens (including phenoxy) is 1. The molecule has 1 aliphatic heterocycles. The summed E-state index contributed by atoms with van der Waals surface area (Å²) in [5, 5.41) is 2.94. The Bertz CT molecular complexity index is 513. The third kappa shape index (κ3) is 2.33. The van der Waals surface area contributed by atoms with Crippen LogP contribution in [0.3, 0.4) is 0 Å². The van der Waals surface area contributed by atoms with Crippen molar-refractivity contribution < 1.29 is 4.74 Å². The Hall–Kier alpha value is -1.76. The number of aromatic nitrogens is 2. The fourth-order valence-electron chi connectivity index (χ4n) is 1.83. The molecule has 0 bridgehead atoms. The van der Waals surface area contributed by atoms with Crippen molar-refractivity contribution in [1.82, 2.24) is 9.55 Å². The molecule has 2 heterocycles. The SMILES string of the molecule is Cn1c(N)c(NCC2CCCO2)c(=O)[nH]c1=O. The average Bonchev–Trinajstić information content (AvgIpc) is 2.79. The van der Waals surface area contributed by atoms with Crippen molar-refractivity contribution in [3.05, 3.63) is 20.8 Å². The number of nitrogens with one attached hydrogen (secondary N) is 2. The van der Waals surface area contributed by atoms with Gasteiger partial charge in [-0.2, -0.15) is 0 Å². The summed E-state index contributed by atoms with van der Waals surface area (Å²) in [6.45, 7) is 1.27. The molecule has 0 radical (unpaired) electrons. The van der Waals surface area contributed by atoms with Crippen molar-refractivity contribution in [1.29, 1.82) is 0 Å². The van der Waals surface area contributed by atoms with Gasteiger partial charge in [0, 0.05) is 20.2 Å². The Kier molecular flexibility index (Phi) is 3.19. The van der Waals surface area contributed by atoms with Gasteiger partial charge in [0.05, 0.1) is 6.10 Å². The number of nitrogens with two attached hydrogens (primary N) is 1. The van der Waals surface area contributed by atoms with E-state index in [9.17, 15) is 9.59 Å². The molecule has 0 spiro atoms. The van der Waals surface area contributed by atoms with E-state index in [-0.39, 0.29) is 17.6 Å². The lowest BCUT2D eigenvalue weighted by Crippen LogP contribution is -2.33. The molecule has 7 nitrogen and oxygen atoms in total. The highest BCUT2D eigenvalue weighted by molar-refractivity contribution is 5.60. The van der Waals surface area contributed by atoms with Gasteiger partial charge in [0.2, 0.25) is 0 Å². The Morgan fingerprint density at radius 2 is 2.35 bits per heavy atom. The standard InChI is InChI=1S/C10H16N4O3/c1-14-8(11)7(9(15)13-10(14)16)12-5-6-3-2-4-17-6/h6,12H,2-5,11H2,1H3,(H,13,15,16). The van der Waals surface area contributed by atoms with Crippen LogP contribution in [0, 0.1) is 0 Å². The van der Waals surface area contributed by atoms with E-state index in [0.717, 1.165) is 19.4 Å². The molecule has 1 aliphatic rings. The molecule has 1 unspecified atom stereocenters. The minimum atomic E-state index is -0.518. The molecular weight excluding hydrogens is 224 g/mol. The van der Waals surface area contributed by atoms with Gasteiger partial charge in [0.25, 0.3) is 5.56 Å². The van der Waals surface area contributed by atoms with Gasteiger partial charge in [-0.1, -0.05) is 0 Å². The van der Waals surface area contributed by atoms with Crippen LogP contribution < -0.4 is 22.3 Å². The topological polar surface area (TPSA) is 102 Å². The van der Waals surface area contributed by atoms with Gasteiger partial charge in [-0.25, -0.2) is 4.79 Å². The molecule has 94 valence electrons. The predicted molar refractivity (Wildman–Crippen MR) is 64.2 cm³/mol. The fourth-order valence-corrected chi connectivity index (χ4v) is 1.83. The van der Waals surface area contributed by atoms with Crippen LogP contribution in [-0.2, 0) is 11.8 Å². The van der Waals surface area contributed by atoms with Crippen molar-refractivity contribution in [2.75, 3.05) is 24.2 Å². The van der Waals surface area contributed by atoms with E-state index in [1.807, 2.05) is 0 Å². The van der Waals surface area contributed by atoms with Crippen molar-refractivity contribution >= 4 is 11.5 Å². The molecule has 4 N–H and O–H groups in total. The number of anilines is 2. The van der Waals surface area contributed by atoms with Crippen LogP contribution in [-0.4, -0.2) is 28.8 Å². The first-order valence-corrected chi connectivity index (χ1v) is 5.54. The highest BCUT2D eigenvalue weighted by atomic mass is 16.5. The molecule has 1 atom stereocenters. The largest absolute Gasteiger partial charge is 0.383 e. The van der Waals surface area contributed by atoms with Gasteiger partial charge >= 0.3 is 5.69 Å². The van der Waals surface area contributed by atoms with E-state index >= 15 is 0 Å². The Morgan fingerprint density at radius 1 is 1.59 bits per heavy atom. The second kappa shape index (κ2) is 4.62. The number of hydrogen-bond acceptors (Lipinski definition) is 5. The monoisotopic (exact) mass is 240 g/mol. The Labute approximate surface area is 97.6 Å². The first kappa shape index (κ1) is 11.7. The summed E-state index contributed by atoms with van der Waals surface area (Å²) in [6.07, 6.45) is 2.10. The van der Waals surface area contributed by atoms with Gasteiger partial charge in [-0.15, -0.1) is 0 Å². The lowest BCUT2D eigenvalue weighted by Gasteiger charge is -2.13. The number of rotatable bonds is 3. The summed E-state index contributed by atoms with van der Waals surface area (Å²) in [7, 11) is 1.50. The zero-order chi connectivity index (χ0) is 12.4. The van der Waals surface area contributed by atoms with Crippen molar-refractivity contribution in [3.63, 3.8) is 0 Å². The summed E-state index contributed by atoms with van der Waals surface area (Å²) < 4.78 is 6.62. The maximum atomic E-state index is 11.6. The number of nitrogens with zero attached hydrogens (tertiary/aromatic N) is 1. The number of H-pyrrole nitrogens is 1. The van der Waals surface area contributed by atoms with E-state index in [1.54, 1.807) is 0 Å². The molecule has 1 aromatic heterocycles. The van der Waals surface area contributed by atoms with Crippen LogP contribution in [0.2, 0.25) is 0 Å². The summed E-state index contributed by atoms with van der Waals surface area (Å²) in [5.74, 6) is 0.136. The maximum Gasteiger partial charge on any atom is 0.329 e. The molecule has 1 saturated heterocycles. The first-order valence-electron chi connectivity index (χ1n) is 5.54. The molecule has 0 saturated carbocycles. The van der Waals surface area contributed by atoms with Gasteiger partial charge in [0.15, 0.2) is 0 Å². The van der Waals surface area contributed by atoms with Gasteiger partial charge in [0.1, 0.15) is 11.5 Å². The van der Waals surface area contributed by atoms with Gasteiger partial charge in [-0.3, -0.25) is 14.3 Å². The molecule has 0 amide bonds. The number of nitrogen functional groups attached to an aromatic ring is 1. The van der Waals surface area contributed by atoms with Crippen molar-refractivity contribution in [3.8, 4) is 0 Å². The number of hydrogen-bond donors (Lipinski definition) is 3. The first-order chi connectivity index (χ1) is 8.09. The Morgan fingerprint density at radius 3 is 3.00 bits per heavy atom. The summed E-state index contributed by atoms with van der Waals surface area (Å²) in [4.78, 5) is 25.0. The predicted octanol–water partition coefficient (Wildman–Crippen LogP) is -0.753. The molecule has 1 aromatic rings. The van der Waals surface area contributed by atoms with Crippen LogP contribution in [0.4, 0.5) is 11.5 Å². The second-order valence-electron chi connectivity index (χ2n) is 4.09. The zero-order valence-corrected chi connectivity index (χ0v) is 9.66. The molecule has 0 aliphatic carbocycles. The van der Waals surface area contributed by atoms with E-state index in [1.165, 1.54) is 11.6 Å². The van der Waals surface area contributed by atoms with Gasteiger partial charge in [-0.05, 0) is 12.8 Å². The molecule has 1 fully saturated rings. The third-order valence-electron chi connectivity index (χ3n) is 2.90. The van der Waals surface area contributed by atoms with Crippen LogP contribution in [0.5, 0.6) is 0 Å². The smallest absolute Gasteiger partial charge is 0.329 e. The van der Waals surface area contributed by atoms with Crippen molar-refractivity contribution in [2.24, 2.45) is 7.05 Å². The van der Waals surface area contributed by atoms with E-state index in [0.29, 0.717) is 6.54 Å². The fraction of sp³-hybridized carbons (Fsp3) is 0.600. The summed E-state index contributed by atoms with van der Waals surface area (Å²) in [6, 6.07) is 0. The quantitative estimate of drug-likeness (QED) is 0.645. The summed E-state index contributed by atoms with van der Waals surface area (Å²) in [5.41, 5.74) is 4.92. The zero-order valence-electron chi connectivity index (χ0n) is 9.66. The molecule has 0 aromatic carbocycles. The second-order valence-corrected chi connectivity index (χ2v) is 4.09. The third-order valence-corrected chi connectivity index (χ3v) is 2.90. The molecule has 17 heavy (non-hydrogen) atoms. The Balaban J connectivity index is 2.17.